The zero-order valence-corrected chi connectivity index (χ0v) is 21.3. The molecule has 0 spiro atoms. The third-order valence-corrected chi connectivity index (χ3v) is 6.80. The van der Waals surface area contributed by atoms with Crippen LogP contribution in [0.1, 0.15) is 37.3 Å². The Balaban J connectivity index is 0.00000361. The molecule has 36 heavy (non-hydrogen) atoms. The summed E-state index contributed by atoms with van der Waals surface area (Å²) in [5.74, 6) is -6.14. The second-order valence-corrected chi connectivity index (χ2v) is 9.18. The SMILES string of the molecule is CC1N(CCOC(=O)[C@](O)(c2ccccc2)[C@@H]2CCC(F)(F)C2)C=CN1Cc1cc(F)cc(F)c1.[Br-]. The van der Waals surface area contributed by atoms with Gasteiger partial charge in [-0.1, -0.05) is 30.3 Å². The van der Waals surface area contributed by atoms with E-state index in [1.165, 1.54) is 24.3 Å². The number of halogens is 5. The average molecular weight is 572 g/mol. The summed E-state index contributed by atoms with van der Waals surface area (Å²) in [6, 6.07) is 11.4. The standard InChI is InChI=1S/C26H28F4N2O3.BrH/c1-18-31(9-10-32(18)17-19-13-22(27)15-23(28)14-19)11-12-35-24(33)26(34,20-5-3-2-4-6-20)21-7-8-25(29,30)16-21;/h2-6,9-10,13-15,18,21,34H,7-8,11-12,16-17H2,1H3;1H/p-1/t18?,21-,26+;/m1./s1. The van der Waals surface area contributed by atoms with Gasteiger partial charge in [0.05, 0.1) is 12.7 Å². The molecule has 1 saturated carbocycles. The van der Waals surface area contributed by atoms with E-state index in [0.29, 0.717) is 5.56 Å². The molecule has 2 aromatic carbocycles. The Labute approximate surface area is 218 Å². The average Bonchev–Trinajstić information content (AvgIpc) is 3.35. The first kappa shape index (κ1) is 28.0. The number of aliphatic hydroxyl groups is 1. The van der Waals surface area contributed by atoms with Crippen molar-refractivity contribution in [3.05, 3.63) is 83.7 Å². The van der Waals surface area contributed by atoms with Crippen molar-refractivity contribution in [1.29, 1.82) is 0 Å². The number of hydrogen-bond acceptors (Lipinski definition) is 5. The first-order chi connectivity index (χ1) is 16.6. The maximum atomic E-state index is 13.9. The van der Waals surface area contributed by atoms with E-state index in [2.05, 4.69) is 0 Å². The molecule has 5 nitrogen and oxygen atoms in total. The van der Waals surface area contributed by atoms with E-state index in [0.717, 1.165) is 6.07 Å². The highest BCUT2D eigenvalue weighted by molar-refractivity contribution is 5.81. The smallest absolute Gasteiger partial charge is 0.343 e. The fraction of sp³-hybridized carbons (Fsp3) is 0.423. The highest BCUT2D eigenvalue weighted by atomic mass is 79.9. The zero-order chi connectivity index (χ0) is 25.2. The molecular formula is C26H28BrF4N2O3-. The summed E-state index contributed by atoms with van der Waals surface area (Å²) >= 11 is 0. The fourth-order valence-electron chi connectivity index (χ4n) is 4.84. The molecule has 196 valence electrons. The van der Waals surface area contributed by atoms with E-state index in [1.807, 2.05) is 16.7 Å². The first-order valence-electron chi connectivity index (χ1n) is 11.6. The molecule has 0 bridgehead atoms. The van der Waals surface area contributed by atoms with Gasteiger partial charge in [0, 0.05) is 43.8 Å². The number of esters is 1. The molecule has 2 aromatic rings. The molecule has 0 saturated heterocycles. The third-order valence-electron chi connectivity index (χ3n) is 6.80. The third kappa shape index (κ3) is 6.03. The number of nitrogens with zero attached hydrogens (tertiary/aromatic N) is 2. The number of alkyl halides is 2. The molecule has 0 aromatic heterocycles. The quantitative estimate of drug-likeness (QED) is 0.387. The second kappa shape index (κ2) is 11.2. The van der Waals surface area contributed by atoms with Gasteiger partial charge in [0.25, 0.3) is 0 Å². The van der Waals surface area contributed by atoms with E-state index >= 15 is 0 Å². The molecule has 1 N–H and O–H groups in total. The molecule has 1 fully saturated rings. The van der Waals surface area contributed by atoms with Gasteiger partial charge in [-0.3, -0.25) is 0 Å². The van der Waals surface area contributed by atoms with Crippen LogP contribution < -0.4 is 17.0 Å². The largest absolute Gasteiger partial charge is 1.00 e. The van der Waals surface area contributed by atoms with E-state index < -0.39 is 41.5 Å². The van der Waals surface area contributed by atoms with Gasteiger partial charge in [-0.05, 0) is 36.6 Å². The van der Waals surface area contributed by atoms with Crippen LogP contribution in [-0.4, -0.2) is 46.1 Å². The number of carbonyl (C=O) groups excluding carboxylic acids is 1. The van der Waals surface area contributed by atoms with E-state index in [1.54, 1.807) is 30.6 Å². The molecule has 1 unspecified atom stereocenters. The van der Waals surface area contributed by atoms with E-state index in [-0.39, 0.29) is 61.2 Å². The van der Waals surface area contributed by atoms with E-state index in [9.17, 15) is 27.5 Å². The van der Waals surface area contributed by atoms with Crippen LogP contribution >= 0.6 is 0 Å². The molecule has 0 amide bonds. The first-order valence-corrected chi connectivity index (χ1v) is 11.6. The topological polar surface area (TPSA) is 53.0 Å². The van der Waals surface area contributed by atoms with Crippen molar-refractivity contribution in [3.8, 4) is 0 Å². The van der Waals surface area contributed by atoms with Gasteiger partial charge in [0.2, 0.25) is 5.92 Å². The lowest BCUT2D eigenvalue weighted by Crippen LogP contribution is -3.00. The minimum atomic E-state index is -2.93. The van der Waals surface area contributed by atoms with Crippen molar-refractivity contribution in [3.63, 3.8) is 0 Å². The highest BCUT2D eigenvalue weighted by Crippen LogP contribution is 2.47. The molecule has 1 heterocycles. The predicted octanol–water partition coefficient (Wildman–Crippen LogP) is 1.77. The minimum Gasteiger partial charge on any atom is -1.00 e. The van der Waals surface area contributed by atoms with Crippen LogP contribution in [0, 0.1) is 17.6 Å². The molecular weight excluding hydrogens is 544 g/mol. The van der Waals surface area contributed by atoms with Gasteiger partial charge in [0.15, 0.2) is 5.60 Å². The molecule has 1 aliphatic carbocycles. The number of rotatable bonds is 8. The lowest BCUT2D eigenvalue weighted by molar-refractivity contribution is -0.175. The van der Waals surface area contributed by atoms with Crippen molar-refractivity contribution < 1.29 is 49.2 Å². The Morgan fingerprint density at radius 3 is 2.36 bits per heavy atom. The number of carbonyl (C=O) groups is 1. The Morgan fingerprint density at radius 2 is 1.75 bits per heavy atom. The Bertz CT molecular complexity index is 1070. The summed E-state index contributed by atoms with van der Waals surface area (Å²) in [5.41, 5.74) is -1.45. The fourth-order valence-corrected chi connectivity index (χ4v) is 4.84. The maximum Gasteiger partial charge on any atom is 0.343 e. The number of ether oxygens (including phenoxy) is 1. The normalized spacial score (nSPS) is 22.3. The van der Waals surface area contributed by atoms with E-state index in [4.69, 9.17) is 4.74 Å². The van der Waals surface area contributed by atoms with Crippen LogP contribution in [0.4, 0.5) is 17.6 Å². The lowest BCUT2D eigenvalue weighted by atomic mass is 9.80. The van der Waals surface area contributed by atoms with Crippen LogP contribution in [0.2, 0.25) is 0 Å². The monoisotopic (exact) mass is 571 g/mol. The molecule has 10 heteroatoms. The van der Waals surface area contributed by atoms with Gasteiger partial charge in [-0.2, -0.15) is 0 Å². The number of hydrogen-bond donors (Lipinski definition) is 1. The molecule has 1 aliphatic heterocycles. The van der Waals surface area contributed by atoms with Crippen LogP contribution in [0.3, 0.4) is 0 Å². The second-order valence-electron chi connectivity index (χ2n) is 9.18. The van der Waals surface area contributed by atoms with Crippen LogP contribution in [0.15, 0.2) is 60.9 Å². The summed E-state index contributed by atoms with van der Waals surface area (Å²) in [6.45, 7) is 2.38. The van der Waals surface area contributed by atoms with Crippen molar-refractivity contribution in [2.24, 2.45) is 5.92 Å². The van der Waals surface area contributed by atoms with Crippen LogP contribution in [0.5, 0.6) is 0 Å². The van der Waals surface area contributed by atoms with Crippen molar-refractivity contribution in [2.45, 2.75) is 50.4 Å². The summed E-state index contributed by atoms with van der Waals surface area (Å²) in [7, 11) is 0. The minimum absolute atomic E-state index is 0. The van der Waals surface area contributed by atoms with Gasteiger partial charge >= 0.3 is 5.97 Å². The Kier molecular flexibility index (Phi) is 8.71. The van der Waals surface area contributed by atoms with Crippen molar-refractivity contribution in [2.75, 3.05) is 13.2 Å². The van der Waals surface area contributed by atoms with Gasteiger partial charge in [0.1, 0.15) is 18.2 Å². The van der Waals surface area contributed by atoms with Crippen molar-refractivity contribution >= 4 is 5.97 Å². The van der Waals surface area contributed by atoms with Gasteiger partial charge in [-0.25, -0.2) is 22.4 Å². The Hall–Kier alpha value is -2.59. The summed E-state index contributed by atoms with van der Waals surface area (Å²) in [4.78, 5) is 16.8. The lowest BCUT2D eigenvalue weighted by Gasteiger charge is -2.33. The zero-order valence-electron chi connectivity index (χ0n) is 19.7. The van der Waals surface area contributed by atoms with Gasteiger partial charge < -0.3 is 36.6 Å². The van der Waals surface area contributed by atoms with Crippen LogP contribution in [0.25, 0.3) is 0 Å². The molecule has 2 aliphatic rings. The molecule has 4 rings (SSSR count). The molecule has 3 atom stereocenters. The highest BCUT2D eigenvalue weighted by Gasteiger charge is 2.54. The number of benzene rings is 2. The molecule has 0 radical (unpaired) electrons. The van der Waals surface area contributed by atoms with Gasteiger partial charge in [-0.15, -0.1) is 0 Å². The Morgan fingerprint density at radius 1 is 1.11 bits per heavy atom. The van der Waals surface area contributed by atoms with Crippen LogP contribution in [-0.2, 0) is 21.7 Å². The predicted molar refractivity (Wildman–Crippen MR) is 121 cm³/mol. The van der Waals surface area contributed by atoms with Crippen molar-refractivity contribution in [1.82, 2.24) is 9.80 Å². The summed E-state index contributed by atoms with van der Waals surface area (Å²) < 4.78 is 60.2. The summed E-state index contributed by atoms with van der Waals surface area (Å²) in [5, 5.41) is 11.4. The summed E-state index contributed by atoms with van der Waals surface area (Å²) in [6.07, 6.45) is 2.40. The maximum absolute atomic E-state index is 13.9.